The van der Waals surface area contributed by atoms with E-state index in [2.05, 4.69) is 0 Å². The van der Waals surface area contributed by atoms with Gasteiger partial charge in [0.15, 0.2) is 18.5 Å². The molecule has 0 bridgehead atoms. The Morgan fingerprint density at radius 2 is 2.14 bits per heavy atom. The molecule has 0 saturated carbocycles. The van der Waals surface area contributed by atoms with Crippen LogP contribution in [0, 0.1) is 5.82 Å². The molecule has 8 nitrogen and oxygen atoms in total. The van der Waals surface area contributed by atoms with Crippen molar-refractivity contribution in [3.05, 3.63) is 17.9 Å². The van der Waals surface area contributed by atoms with Gasteiger partial charge < -0.3 is 20.1 Å². The molecule has 2 N–H and O–H groups in total. The van der Waals surface area contributed by atoms with Gasteiger partial charge in [0.2, 0.25) is 0 Å². The van der Waals surface area contributed by atoms with Crippen LogP contribution in [0.4, 0.5) is 20.6 Å². The third-order valence-corrected chi connectivity index (χ3v) is 3.51. The van der Waals surface area contributed by atoms with Gasteiger partial charge in [-0.2, -0.15) is 0 Å². The first kappa shape index (κ1) is 14.1. The molecular weight excluding hydrogens is 297 g/mol. The van der Waals surface area contributed by atoms with Crippen LogP contribution in [0.25, 0.3) is 0 Å². The van der Waals surface area contributed by atoms with Crippen LogP contribution in [0.15, 0.2) is 12.1 Å². The van der Waals surface area contributed by atoms with E-state index in [9.17, 15) is 18.8 Å². The molecule has 0 spiro atoms. The van der Waals surface area contributed by atoms with E-state index < -0.39 is 23.9 Å². The molecule has 2 heterocycles. The Bertz CT molecular complexity index is 692. The van der Waals surface area contributed by atoms with Crippen LogP contribution in [0.2, 0.25) is 0 Å². The zero-order chi connectivity index (χ0) is 16.0. The van der Waals surface area contributed by atoms with E-state index in [0.29, 0.717) is 0 Å². The zero-order valence-corrected chi connectivity index (χ0v) is 11.5. The van der Waals surface area contributed by atoms with Gasteiger partial charge in [-0.3, -0.25) is 14.5 Å². The van der Waals surface area contributed by atoms with Crippen LogP contribution < -0.4 is 20.3 Å². The minimum absolute atomic E-state index is 0.000912. The number of benzene rings is 1. The lowest BCUT2D eigenvalue weighted by Crippen LogP contribution is -2.36. The van der Waals surface area contributed by atoms with Crippen LogP contribution in [0.1, 0.15) is 0 Å². The molecule has 3 rings (SSSR count). The summed E-state index contributed by atoms with van der Waals surface area (Å²) in [7, 11) is 1.43. The lowest BCUT2D eigenvalue weighted by atomic mass is 10.2. The standard InChI is InChI=1S/C13H12FN3O5/c1-16-10(18)5-21-8-3-6(2-7(14)11(8)16)17-4-9(12(15)19)22-13(17)20/h2-3,9H,4-5H2,1H3,(H2,15,19)/t9-/m1/s1. The van der Waals surface area contributed by atoms with Gasteiger partial charge in [-0.25, -0.2) is 9.18 Å². The Kier molecular flexibility index (Phi) is 3.12. The fourth-order valence-electron chi connectivity index (χ4n) is 2.33. The molecule has 1 aromatic rings. The van der Waals surface area contributed by atoms with Crippen molar-refractivity contribution in [2.75, 3.05) is 30.0 Å². The number of nitrogens with two attached hydrogens (primary N) is 1. The maximum atomic E-state index is 14.2. The Balaban J connectivity index is 1.97. The number of amides is 3. The predicted octanol–water partition coefficient (Wildman–Crippen LogP) is -0.00860. The molecule has 1 saturated heterocycles. The molecule has 9 heteroatoms. The van der Waals surface area contributed by atoms with E-state index in [0.717, 1.165) is 15.9 Å². The summed E-state index contributed by atoms with van der Waals surface area (Å²) in [6.07, 6.45) is -1.89. The Morgan fingerprint density at radius 3 is 2.77 bits per heavy atom. The number of carbonyl (C=O) groups is 3. The summed E-state index contributed by atoms with van der Waals surface area (Å²) in [6, 6.07) is 2.48. The summed E-state index contributed by atoms with van der Waals surface area (Å²) in [6.45, 7) is -0.331. The number of hydrogen-bond acceptors (Lipinski definition) is 5. The average molecular weight is 309 g/mol. The summed E-state index contributed by atoms with van der Waals surface area (Å²) >= 11 is 0. The van der Waals surface area contributed by atoms with Gasteiger partial charge in [-0.15, -0.1) is 0 Å². The van der Waals surface area contributed by atoms with Crippen LogP contribution in [0.5, 0.6) is 5.75 Å². The number of rotatable bonds is 2. The average Bonchev–Trinajstić information content (AvgIpc) is 2.85. The van der Waals surface area contributed by atoms with Crippen molar-refractivity contribution in [1.82, 2.24) is 0 Å². The van der Waals surface area contributed by atoms with Crippen LogP contribution in [-0.4, -0.2) is 44.2 Å². The third kappa shape index (κ3) is 2.10. The lowest BCUT2D eigenvalue weighted by molar-refractivity contribution is -0.124. The van der Waals surface area contributed by atoms with Crippen LogP contribution in [-0.2, 0) is 14.3 Å². The fourth-order valence-corrected chi connectivity index (χ4v) is 2.33. The molecule has 2 aliphatic rings. The van der Waals surface area contributed by atoms with Gasteiger partial charge in [0.1, 0.15) is 11.4 Å². The summed E-state index contributed by atoms with van der Waals surface area (Å²) < 4.78 is 24.2. The topological polar surface area (TPSA) is 102 Å². The van der Waals surface area contributed by atoms with E-state index in [1.165, 1.54) is 13.1 Å². The first-order chi connectivity index (χ1) is 10.4. The normalized spacial score (nSPS) is 20.5. The lowest BCUT2D eigenvalue weighted by Gasteiger charge is -2.27. The summed E-state index contributed by atoms with van der Waals surface area (Å²) in [5.41, 5.74) is 5.25. The van der Waals surface area contributed by atoms with Crippen molar-refractivity contribution in [3.8, 4) is 5.75 Å². The van der Waals surface area contributed by atoms with Crippen molar-refractivity contribution in [2.24, 2.45) is 5.73 Å². The summed E-state index contributed by atoms with van der Waals surface area (Å²) in [4.78, 5) is 36.6. The van der Waals surface area contributed by atoms with Crippen molar-refractivity contribution >= 4 is 29.3 Å². The maximum Gasteiger partial charge on any atom is 0.415 e. The molecule has 2 aliphatic heterocycles. The van der Waals surface area contributed by atoms with Gasteiger partial charge in [-0.1, -0.05) is 0 Å². The number of carbonyl (C=O) groups excluding carboxylic acids is 3. The minimum Gasteiger partial charge on any atom is -0.481 e. The van der Waals surface area contributed by atoms with Gasteiger partial charge in [-0.05, 0) is 0 Å². The van der Waals surface area contributed by atoms with Crippen molar-refractivity contribution < 1.29 is 28.2 Å². The van der Waals surface area contributed by atoms with E-state index >= 15 is 0 Å². The molecule has 0 radical (unpaired) electrons. The van der Waals surface area contributed by atoms with Crippen molar-refractivity contribution in [3.63, 3.8) is 0 Å². The van der Waals surface area contributed by atoms with E-state index in [1.54, 1.807) is 0 Å². The number of nitrogens with zero attached hydrogens (tertiary/aromatic N) is 2. The third-order valence-electron chi connectivity index (χ3n) is 3.51. The Labute approximate surface area is 124 Å². The largest absolute Gasteiger partial charge is 0.481 e. The van der Waals surface area contributed by atoms with E-state index in [4.69, 9.17) is 15.2 Å². The second-order valence-corrected chi connectivity index (χ2v) is 4.90. The van der Waals surface area contributed by atoms with Crippen LogP contribution >= 0.6 is 0 Å². The number of fused-ring (bicyclic) bond motifs is 1. The number of primary amides is 1. The monoisotopic (exact) mass is 309 g/mol. The molecular formula is C13H12FN3O5. The molecule has 0 aromatic heterocycles. The highest BCUT2D eigenvalue weighted by molar-refractivity contribution is 5.99. The van der Waals surface area contributed by atoms with Crippen molar-refractivity contribution in [1.29, 1.82) is 0 Å². The first-order valence-electron chi connectivity index (χ1n) is 6.39. The second-order valence-electron chi connectivity index (χ2n) is 4.90. The first-order valence-corrected chi connectivity index (χ1v) is 6.39. The Hall–Kier alpha value is -2.84. The Morgan fingerprint density at radius 1 is 1.41 bits per heavy atom. The number of halogens is 1. The van der Waals surface area contributed by atoms with Gasteiger partial charge >= 0.3 is 6.09 Å². The van der Waals surface area contributed by atoms with Gasteiger partial charge in [0, 0.05) is 19.2 Å². The predicted molar refractivity (Wildman–Crippen MR) is 72.1 cm³/mol. The molecule has 116 valence electrons. The highest BCUT2D eigenvalue weighted by atomic mass is 19.1. The van der Waals surface area contributed by atoms with Gasteiger partial charge in [0.25, 0.3) is 11.8 Å². The second kappa shape index (κ2) is 4.86. The smallest absolute Gasteiger partial charge is 0.415 e. The number of likely N-dealkylation sites (N-methyl/N-ethyl adjacent to an activating group) is 1. The maximum absolute atomic E-state index is 14.2. The SMILES string of the molecule is CN1C(=O)COc2cc(N3C[C@H](C(N)=O)OC3=O)cc(F)c21. The van der Waals surface area contributed by atoms with E-state index in [1.807, 2.05) is 0 Å². The molecule has 1 atom stereocenters. The summed E-state index contributed by atoms with van der Waals surface area (Å²) in [5, 5.41) is 0. The fraction of sp³-hybridized carbons (Fsp3) is 0.308. The molecule has 22 heavy (non-hydrogen) atoms. The zero-order valence-electron chi connectivity index (χ0n) is 11.5. The van der Waals surface area contributed by atoms with Crippen molar-refractivity contribution in [2.45, 2.75) is 6.10 Å². The van der Waals surface area contributed by atoms with E-state index in [-0.39, 0.29) is 36.2 Å². The molecule has 1 fully saturated rings. The minimum atomic E-state index is -1.09. The molecule has 1 aromatic carbocycles. The highest BCUT2D eigenvalue weighted by Crippen LogP contribution is 2.38. The number of ether oxygens (including phenoxy) is 2. The number of cyclic esters (lactones) is 1. The number of anilines is 2. The quantitative estimate of drug-likeness (QED) is 0.828. The van der Waals surface area contributed by atoms with Gasteiger partial charge in [0.05, 0.1) is 12.2 Å². The molecule has 3 amide bonds. The van der Waals surface area contributed by atoms with Crippen LogP contribution in [0.3, 0.4) is 0 Å². The highest BCUT2D eigenvalue weighted by Gasteiger charge is 2.37. The summed E-state index contributed by atoms with van der Waals surface area (Å²) in [5.74, 6) is -1.75. The number of hydrogen-bond donors (Lipinski definition) is 1. The molecule has 0 aliphatic carbocycles. The molecule has 0 unspecified atom stereocenters.